The largest absolute Gasteiger partial charge is 0.450 e. The first-order valence-electron chi connectivity index (χ1n) is 11.7. The van der Waals surface area contributed by atoms with Gasteiger partial charge in [0.05, 0.1) is 28.1 Å². The van der Waals surface area contributed by atoms with Gasteiger partial charge in [0.25, 0.3) is 5.69 Å². The smallest absolute Gasteiger partial charge is 0.318 e. The summed E-state index contributed by atoms with van der Waals surface area (Å²) in [5, 5.41) is 37.5. The molecular weight excluding hydrogens is 526 g/mol. The lowest BCUT2D eigenvalue weighted by molar-refractivity contribution is -0.394. The van der Waals surface area contributed by atoms with E-state index in [1.165, 1.54) is 24.3 Å². The quantitative estimate of drug-likeness (QED) is 0.126. The Bertz CT molecular complexity index is 1510. The zero-order valence-electron chi connectivity index (χ0n) is 20.5. The third kappa shape index (κ3) is 6.38. The maximum Gasteiger partial charge on any atom is 0.318 e. The molecule has 0 saturated heterocycles. The minimum Gasteiger partial charge on any atom is -0.450 e. The zero-order chi connectivity index (χ0) is 28.1. The number of ether oxygens (including phenoxy) is 1. The minimum absolute atomic E-state index is 0.0717. The van der Waals surface area contributed by atoms with Crippen molar-refractivity contribution in [1.29, 1.82) is 0 Å². The summed E-state index contributed by atoms with van der Waals surface area (Å²) < 4.78 is 5.73. The highest BCUT2D eigenvalue weighted by Crippen LogP contribution is 2.40. The Balaban J connectivity index is 1.62. The first kappa shape index (κ1) is 27.2. The van der Waals surface area contributed by atoms with Crippen molar-refractivity contribution in [3.63, 3.8) is 0 Å². The molecule has 198 valence electrons. The van der Waals surface area contributed by atoms with Crippen LogP contribution in [0.5, 0.6) is 11.5 Å². The van der Waals surface area contributed by atoms with E-state index in [9.17, 15) is 30.1 Å². The molecule has 4 aromatic carbocycles. The van der Waals surface area contributed by atoms with Gasteiger partial charge in [0.1, 0.15) is 11.4 Å². The number of carbonyl (C=O) groups excluding carboxylic acids is 1. The van der Waals surface area contributed by atoms with Gasteiger partial charge in [-0.3, -0.25) is 25.0 Å². The van der Waals surface area contributed by atoms with E-state index in [1.54, 1.807) is 61.5 Å². The second kappa shape index (κ2) is 11.7. The molecule has 0 spiro atoms. The Morgan fingerprint density at radius 3 is 2.00 bits per heavy atom. The number of nitro benzene ring substituents is 2. The monoisotopic (exact) mass is 547 g/mol. The molecule has 11 heteroatoms. The van der Waals surface area contributed by atoms with E-state index < -0.39 is 33.4 Å². The number of anilines is 1. The fourth-order valence-corrected chi connectivity index (χ4v) is 4.01. The van der Waals surface area contributed by atoms with E-state index in [0.29, 0.717) is 21.7 Å². The van der Waals surface area contributed by atoms with Crippen LogP contribution in [0.1, 0.15) is 34.5 Å². The van der Waals surface area contributed by atoms with Gasteiger partial charge in [0.15, 0.2) is 5.78 Å². The van der Waals surface area contributed by atoms with Crippen molar-refractivity contribution in [3.05, 3.63) is 133 Å². The molecule has 0 bridgehead atoms. The average molecular weight is 548 g/mol. The van der Waals surface area contributed by atoms with E-state index in [1.807, 2.05) is 0 Å². The Kier molecular flexibility index (Phi) is 8.18. The van der Waals surface area contributed by atoms with E-state index in [2.05, 4.69) is 5.32 Å². The number of nitrogens with one attached hydrogen (secondary N) is 1. The lowest BCUT2D eigenvalue weighted by Crippen LogP contribution is -2.24. The molecule has 2 N–H and O–H groups in total. The van der Waals surface area contributed by atoms with Crippen molar-refractivity contribution >= 4 is 34.4 Å². The molecule has 0 aliphatic carbocycles. The average Bonchev–Trinajstić information content (AvgIpc) is 2.93. The maximum absolute atomic E-state index is 12.7. The van der Waals surface area contributed by atoms with Crippen LogP contribution in [0.4, 0.5) is 17.1 Å². The van der Waals surface area contributed by atoms with Gasteiger partial charge in [-0.15, -0.1) is 0 Å². The minimum atomic E-state index is -1.02. The number of nitro groups is 2. The SMILES string of the molecule is C[C@H](Nc1cc(Oc2ccc(C(=O)c3ccc(Cl)cc3)cc2)c([N+](=O)[O-])cc1[N+](=O)[O-])[C@@H](O)c1ccccc1. The highest BCUT2D eigenvalue weighted by atomic mass is 35.5. The molecule has 0 radical (unpaired) electrons. The molecule has 0 heterocycles. The summed E-state index contributed by atoms with van der Waals surface area (Å²) >= 11 is 5.87. The van der Waals surface area contributed by atoms with Crippen LogP contribution in [-0.2, 0) is 0 Å². The molecule has 0 aromatic heterocycles. The lowest BCUT2D eigenvalue weighted by Gasteiger charge is -2.22. The van der Waals surface area contributed by atoms with Gasteiger partial charge in [-0.05, 0) is 61.0 Å². The Morgan fingerprint density at radius 2 is 1.44 bits per heavy atom. The molecule has 10 nitrogen and oxygen atoms in total. The number of aliphatic hydroxyl groups is 1. The molecule has 0 amide bonds. The van der Waals surface area contributed by atoms with Gasteiger partial charge in [-0.25, -0.2) is 0 Å². The number of hydrogen-bond acceptors (Lipinski definition) is 8. The van der Waals surface area contributed by atoms with Crippen LogP contribution in [0.15, 0.2) is 91.0 Å². The number of hydrogen-bond donors (Lipinski definition) is 2. The summed E-state index contributed by atoms with van der Waals surface area (Å²) in [6, 6.07) is 22.3. The second-order valence-electron chi connectivity index (χ2n) is 8.60. The highest BCUT2D eigenvalue weighted by Gasteiger charge is 2.28. The number of carbonyl (C=O) groups is 1. The summed E-state index contributed by atoms with van der Waals surface area (Å²) in [4.78, 5) is 34.6. The van der Waals surface area contributed by atoms with Crippen LogP contribution in [0.3, 0.4) is 0 Å². The summed E-state index contributed by atoms with van der Waals surface area (Å²) in [6.07, 6.45) is -1.02. The third-order valence-corrected chi connectivity index (χ3v) is 6.17. The lowest BCUT2D eigenvalue weighted by atomic mass is 10.0. The van der Waals surface area contributed by atoms with Gasteiger partial charge in [0, 0.05) is 22.2 Å². The van der Waals surface area contributed by atoms with Crippen molar-refractivity contribution in [3.8, 4) is 11.5 Å². The van der Waals surface area contributed by atoms with Crippen LogP contribution < -0.4 is 10.1 Å². The van der Waals surface area contributed by atoms with Crippen molar-refractivity contribution in [1.82, 2.24) is 0 Å². The molecule has 0 aliphatic heterocycles. The Hall–Kier alpha value is -4.80. The van der Waals surface area contributed by atoms with Crippen LogP contribution in [0.2, 0.25) is 5.02 Å². The molecule has 0 fully saturated rings. The van der Waals surface area contributed by atoms with E-state index in [-0.39, 0.29) is 23.0 Å². The van der Waals surface area contributed by atoms with E-state index in [4.69, 9.17) is 16.3 Å². The van der Waals surface area contributed by atoms with Gasteiger partial charge in [-0.2, -0.15) is 0 Å². The number of benzene rings is 4. The first-order chi connectivity index (χ1) is 18.6. The third-order valence-electron chi connectivity index (χ3n) is 5.92. The summed E-state index contributed by atoms with van der Waals surface area (Å²) in [6.45, 7) is 1.62. The standard InChI is InChI=1S/C28H22ClN3O7/c1-17(27(33)18-5-3-2-4-6-18)30-23-15-26(25(32(37)38)16-24(23)31(35)36)39-22-13-9-20(10-14-22)28(34)19-7-11-21(29)12-8-19/h2-17,27,30,33H,1H3/t17-,27+/m0/s1. The van der Waals surface area contributed by atoms with Crippen LogP contribution in [0.25, 0.3) is 0 Å². The number of aliphatic hydroxyl groups excluding tert-OH is 1. The van der Waals surface area contributed by atoms with E-state index >= 15 is 0 Å². The fourth-order valence-electron chi connectivity index (χ4n) is 3.88. The molecule has 0 unspecified atom stereocenters. The van der Waals surface area contributed by atoms with Crippen molar-refractivity contribution < 1.29 is 24.5 Å². The highest BCUT2D eigenvalue weighted by molar-refractivity contribution is 6.30. The van der Waals surface area contributed by atoms with Gasteiger partial charge in [-0.1, -0.05) is 41.9 Å². The van der Waals surface area contributed by atoms with Gasteiger partial charge < -0.3 is 15.2 Å². The summed E-state index contributed by atoms with van der Waals surface area (Å²) in [5.74, 6) is -0.341. The predicted octanol–water partition coefficient (Wildman–Crippen LogP) is 6.71. The van der Waals surface area contributed by atoms with E-state index in [0.717, 1.165) is 12.1 Å². The first-order valence-corrected chi connectivity index (χ1v) is 12.1. The molecule has 39 heavy (non-hydrogen) atoms. The molecule has 0 saturated carbocycles. The molecule has 4 aromatic rings. The fraction of sp³-hybridized carbons (Fsp3) is 0.107. The van der Waals surface area contributed by atoms with Gasteiger partial charge >= 0.3 is 5.69 Å². The Morgan fingerprint density at radius 1 is 0.872 bits per heavy atom. The number of halogens is 1. The molecule has 2 atom stereocenters. The number of nitrogens with zero attached hydrogens (tertiary/aromatic N) is 2. The zero-order valence-corrected chi connectivity index (χ0v) is 21.2. The molecule has 0 aliphatic rings. The van der Waals surface area contributed by atoms with Crippen molar-refractivity contribution in [2.75, 3.05) is 5.32 Å². The predicted molar refractivity (Wildman–Crippen MR) is 146 cm³/mol. The summed E-state index contributed by atoms with van der Waals surface area (Å²) in [7, 11) is 0. The maximum atomic E-state index is 12.7. The Labute approximate surface area is 227 Å². The number of rotatable bonds is 10. The molecular formula is C28H22ClN3O7. The topological polar surface area (TPSA) is 145 Å². The van der Waals surface area contributed by atoms with Crippen molar-refractivity contribution in [2.24, 2.45) is 0 Å². The summed E-state index contributed by atoms with van der Waals surface area (Å²) in [5.41, 5.74) is 0.134. The van der Waals surface area contributed by atoms with Crippen molar-refractivity contribution in [2.45, 2.75) is 19.1 Å². The van der Waals surface area contributed by atoms with Crippen LogP contribution in [-0.4, -0.2) is 26.8 Å². The second-order valence-corrected chi connectivity index (χ2v) is 9.04. The van der Waals surface area contributed by atoms with Gasteiger partial charge in [0.2, 0.25) is 5.75 Å². The molecule has 4 rings (SSSR count). The normalized spacial score (nSPS) is 12.3. The van der Waals surface area contributed by atoms with Crippen LogP contribution >= 0.6 is 11.6 Å². The van der Waals surface area contributed by atoms with Crippen LogP contribution in [0, 0.1) is 20.2 Å². The number of ketones is 1.